The summed E-state index contributed by atoms with van der Waals surface area (Å²) in [6, 6.07) is 12.8. The van der Waals surface area contributed by atoms with E-state index in [4.69, 9.17) is 16.3 Å². The zero-order valence-electron chi connectivity index (χ0n) is 14.4. The molecule has 0 bridgehead atoms. The average molecular weight is 389 g/mol. The fraction of sp³-hybridized carbons (Fsp3) is 0.167. The van der Waals surface area contributed by atoms with Crippen LogP contribution in [0.1, 0.15) is 0 Å². The smallest absolute Gasteiger partial charge is 0.338 e. The summed E-state index contributed by atoms with van der Waals surface area (Å²) in [5.74, 6) is -0.168. The van der Waals surface area contributed by atoms with E-state index in [0.717, 1.165) is 5.01 Å². The van der Waals surface area contributed by atoms with Gasteiger partial charge in [-0.15, -0.1) is 0 Å². The third kappa shape index (κ3) is 4.48. The molecule has 2 aromatic rings. The minimum absolute atomic E-state index is 0.191. The topological polar surface area (TPSA) is 91.0 Å². The van der Waals surface area contributed by atoms with Crippen molar-refractivity contribution in [2.24, 2.45) is 0 Å². The maximum absolute atomic E-state index is 12.4. The van der Waals surface area contributed by atoms with Gasteiger partial charge in [-0.1, -0.05) is 23.7 Å². The van der Waals surface area contributed by atoms with Crippen LogP contribution >= 0.6 is 11.6 Å². The van der Waals surface area contributed by atoms with Crippen molar-refractivity contribution < 1.29 is 19.1 Å². The summed E-state index contributed by atoms with van der Waals surface area (Å²) in [7, 11) is 1.52. The molecule has 9 heteroatoms. The van der Waals surface area contributed by atoms with Gasteiger partial charge in [0, 0.05) is 22.5 Å². The fourth-order valence-electron chi connectivity index (χ4n) is 2.58. The van der Waals surface area contributed by atoms with Crippen LogP contribution in [0.3, 0.4) is 0 Å². The zero-order valence-corrected chi connectivity index (χ0v) is 15.2. The van der Waals surface area contributed by atoms with Crippen LogP contribution in [0.25, 0.3) is 0 Å². The number of ether oxygens (including phenoxy) is 1. The minimum Gasteiger partial charge on any atom is -0.497 e. The molecule has 0 atom stereocenters. The summed E-state index contributed by atoms with van der Waals surface area (Å²) >= 11 is 5.86. The Morgan fingerprint density at radius 2 is 1.85 bits per heavy atom. The third-order valence-corrected chi connectivity index (χ3v) is 4.11. The molecular weight excluding hydrogens is 372 g/mol. The van der Waals surface area contributed by atoms with Crippen molar-refractivity contribution in [3.63, 3.8) is 0 Å². The number of nitrogens with one attached hydrogen (secondary N) is 2. The SMILES string of the molecule is COc1cccc(N2CC(=O)N(NC(=O)Nc3cccc(Cl)c3)CC2=O)c1. The van der Waals surface area contributed by atoms with Gasteiger partial charge >= 0.3 is 6.03 Å². The summed E-state index contributed by atoms with van der Waals surface area (Å²) in [6.07, 6.45) is 0. The van der Waals surface area contributed by atoms with Crippen molar-refractivity contribution in [1.82, 2.24) is 10.4 Å². The maximum Gasteiger partial charge on any atom is 0.338 e. The van der Waals surface area contributed by atoms with Gasteiger partial charge < -0.3 is 15.0 Å². The van der Waals surface area contributed by atoms with E-state index in [1.165, 1.54) is 12.0 Å². The van der Waals surface area contributed by atoms with Crippen LogP contribution in [-0.4, -0.2) is 43.1 Å². The largest absolute Gasteiger partial charge is 0.497 e. The van der Waals surface area contributed by atoms with Crippen LogP contribution in [-0.2, 0) is 9.59 Å². The first-order chi connectivity index (χ1) is 13.0. The third-order valence-electron chi connectivity index (χ3n) is 3.87. The van der Waals surface area contributed by atoms with Crippen molar-refractivity contribution in [2.45, 2.75) is 0 Å². The van der Waals surface area contributed by atoms with E-state index in [9.17, 15) is 14.4 Å². The number of benzene rings is 2. The molecule has 0 spiro atoms. The summed E-state index contributed by atoms with van der Waals surface area (Å²) in [5, 5.41) is 4.00. The Bertz CT molecular complexity index is 889. The number of rotatable bonds is 4. The fourth-order valence-corrected chi connectivity index (χ4v) is 2.77. The van der Waals surface area contributed by atoms with Crippen LogP contribution in [0.15, 0.2) is 48.5 Å². The molecule has 4 amide bonds. The Morgan fingerprint density at radius 3 is 2.59 bits per heavy atom. The number of methoxy groups -OCH3 is 1. The Kier molecular flexibility index (Phi) is 5.46. The van der Waals surface area contributed by atoms with Gasteiger partial charge in [-0.25, -0.2) is 15.2 Å². The number of nitrogens with zero attached hydrogens (tertiary/aromatic N) is 2. The zero-order chi connectivity index (χ0) is 19.4. The molecule has 1 saturated heterocycles. The summed E-state index contributed by atoms with van der Waals surface area (Å²) in [6.45, 7) is -0.470. The van der Waals surface area contributed by atoms with Crippen molar-refractivity contribution in [3.8, 4) is 5.75 Å². The molecular formula is C18H17ClN4O4. The van der Waals surface area contributed by atoms with Gasteiger partial charge in [0.15, 0.2) is 0 Å². The Balaban J connectivity index is 1.64. The first-order valence-electron chi connectivity index (χ1n) is 8.04. The molecule has 8 nitrogen and oxygen atoms in total. The molecule has 0 aromatic heterocycles. The Hall–Kier alpha value is -3.26. The minimum atomic E-state index is -0.645. The van der Waals surface area contributed by atoms with E-state index in [1.54, 1.807) is 48.5 Å². The highest BCUT2D eigenvalue weighted by atomic mass is 35.5. The second-order valence-electron chi connectivity index (χ2n) is 5.74. The van der Waals surface area contributed by atoms with E-state index >= 15 is 0 Å². The van der Waals surface area contributed by atoms with E-state index < -0.39 is 11.9 Å². The lowest BCUT2D eigenvalue weighted by Gasteiger charge is -2.33. The highest BCUT2D eigenvalue weighted by molar-refractivity contribution is 6.30. The van der Waals surface area contributed by atoms with Gasteiger partial charge in [-0.3, -0.25) is 9.59 Å². The number of amides is 4. The quantitative estimate of drug-likeness (QED) is 0.840. The number of carbonyl (C=O) groups excluding carboxylic acids is 3. The molecule has 0 aliphatic carbocycles. The van der Waals surface area contributed by atoms with E-state index in [0.29, 0.717) is 22.1 Å². The molecule has 140 valence electrons. The predicted molar refractivity (Wildman–Crippen MR) is 101 cm³/mol. The van der Waals surface area contributed by atoms with Gasteiger partial charge in [-0.2, -0.15) is 0 Å². The maximum atomic E-state index is 12.4. The molecule has 0 radical (unpaired) electrons. The normalized spacial score (nSPS) is 14.1. The van der Waals surface area contributed by atoms with Crippen molar-refractivity contribution in [3.05, 3.63) is 53.6 Å². The summed E-state index contributed by atoms with van der Waals surface area (Å²) < 4.78 is 5.14. The number of anilines is 2. The lowest BCUT2D eigenvalue weighted by molar-refractivity contribution is -0.140. The van der Waals surface area contributed by atoms with E-state index in [-0.39, 0.29) is 19.0 Å². The van der Waals surface area contributed by atoms with Crippen LogP contribution in [0, 0.1) is 0 Å². The number of carbonyl (C=O) groups is 3. The molecule has 0 unspecified atom stereocenters. The molecule has 0 saturated carbocycles. The van der Waals surface area contributed by atoms with Crippen LogP contribution in [0.5, 0.6) is 5.75 Å². The average Bonchev–Trinajstić information content (AvgIpc) is 2.64. The van der Waals surface area contributed by atoms with Crippen molar-refractivity contribution in [2.75, 3.05) is 30.4 Å². The van der Waals surface area contributed by atoms with E-state index in [1.807, 2.05) is 0 Å². The highest BCUT2D eigenvalue weighted by Crippen LogP contribution is 2.22. The number of halogens is 1. The van der Waals surface area contributed by atoms with Gasteiger partial charge in [0.1, 0.15) is 18.8 Å². The lowest BCUT2D eigenvalue weighted by Crippen LogP contribution is -2.60. The van der Waals surface area contributed by atoms with Gasteiger partial charge in [0.2, 0.25) is 5.91 Å². The van der Waals surface area contributed by atoms with Crippen molar-refractivity contribution in [1.29, 1.82) is 0 Å². The second kappa shape index (κ2) is 7.96. The van der Waals surface area contributed by atoms with Crippen LogP contribution < -0.4 is 20.4 Å². The van der Waals surface area contributed by atoms with Crippen LogP contribution in [0.2, 0.25) is 5.02 Å². The molecule has 3 rings (SSSR count). The lowest BCUT2D eigenvalue weighted by atomic mass is 10.2. The Morgan fingerprint density at radius 1 is 1.07 bits per heavy atom. The van der Waals surface area contributed by atoms with Crippen LogP contribution in [0.4, 0.5) is 16.2 Å². The monoisotopic (exact) mass is 388 g/mol. The van der Waals surface area contributed by atoms with Gasteiger partial charge in [0.25, 0.3) is 5.91 Å². The summed E-state index contributed by atoms with van der Waals surface area (Å²) in [5.41, 5.74) is 3.40. The number of hydrogen-bond acceptors (Lipinski definition) is 4. The molecule has 27 heavy (non-hydrogen) atoms. The number of hydrogen-bond donors (Lipinski definition) is 2. The molecule has 2 N–H and O–H groups in total. The first-order valence-corrected chi connectivity index (χ1v) is 8.42. The second-order valence-corrected chi connectivity index (χ2v) is 6.17. The number of hydrazine groups is 1. The molecule has 1 aliphatic rings. The molecule has 1 fully saturated rings. The molecule has 1 aliphatic heterocycles. The van der Waals surface area contributed by atoms with Gasteiger partial charge in [0.05, 0.1) is 7.11 Å². The Labute approximate surface area is 160 Å². The predicted octanol–water partition coefficient (Wildman–Crippen LogP) is 2.26. The summed E-state index contributed by atoms with van der Waals surface area (Å²) in [4.78, 5) is 38.2. The highest BCUT2D eigenvalue weighted by Gasteiger charge is 2.32. The number of piperazine rings is 1. The molecule has 1 heterocycles. The first kappa shape index (κ1) is 18.5. The van der Waals surface area contributed by atoms with Gasteiger partial charge in [-0.05, 0) is 30.3 Å². The van der Waals surface area contributed by atoms with E-state index in [2.05, 4.69) is 10.7 Å². The standard InChI is InChI=1S/C18H17ClN4O4/c1-27-15-7-3-6-14(9-15)22-10-17(25)23(11-16(22)24)21-18(26)20-13-5-2-4-12(19)8-13/h2-9H,10-11H2,1H3,(H2,20,21,26). The number of urea groups is 1. The molecule has 2 aromatic carbocycles. The van der Waals surface area contributed by atoms with Crippen molar-refractivity contribution >= 4 is 40.8 Å².